The van der Waals surface area contributed by atoms with Crippen LogP contribution >= 0.6 is 22.9 Å². The molecule has 0 unspecified atom stereocenters. The minimum atomic E-state index is -4.67. The summed E-state index contributed by atoms with van der Waals surface area (Å²) >= 11 is 6.72. The Morgan fingerprint density at radius 1 is 0.773 bits per heavy atom. The van der Waals surface area contributed by atoms with Gasteiger partial charge >= 0.3 is 12.4 Å². The molecule has 0 spiro atoms. The van der Waals surface area contributed by atoms with E-state index in [0.29, 0.717) is 9.40 Å². The molecular formula is C14H5ClF6S. The molecule has 0 fully saturated rings. The molecule has 1 aromatic heterocycles. The second kappa shape index (κ2) is 4.76. The van der Waals surface area contributed by atoms with Crippen molar-refractivity contribution < 1.29 is 26.3 Å². The fourth-order valence-electron chi connectivity index (χ4n) is 2.19. The Bertz CT molecular complexity index is 875. The molecule has 8 heteroatoms. The molecule has 0 nitrogen and oxygen atoms in total. The van der Waals surface area contributed by atoms with Gasteiger partial charge in [0, 0.05) is 20.2 Å². The lowest BCUT2D eigenvalue weighted by atomic mass is 10.1. The van der Waals surface area contributed by atoms with Gasteiger partial charge in [0.25, 0.3) is 0 Å². The van der Waals surface area contributed by atoms with E-state index in [1.165, 1.54) is 6.07 Å². The molecule has 1 heterocycles. The number of rotatable bonds is 0. The van der Waals surface area contributed by atoms with Gasteiger partial charge in [0.05, 0.1) is 16.1 Å². The third-order valence-corrected chi connectivity index (χ3v) is 4.64. The summed E-state index contributed by atoms with van der Waals surface area (Å²) in [7, 11) is 0. The van der Waals surface area contributed by atoms with Gasteiger partial charge in [-0.3, -0.25) is 0 Å². The Morgan fingerprint density at radius 2 is 1.41 bits per heavy atom. The molecule has 116 valence electrons. The molecule has 0 amide bonds. The standard InChI is InChI=1S/C14H5ClF6S/c15-10-5-12-8(4-9(10)14(19,20)21)7-3-6(13(16,17)18)1-2-11(7)22-12/h1-5H. The number of halogens is 7. The molecule has 3 rings (SSSR count). The number of alkyl halides is 6. The quantitative estimate of drug-likeness (QED) is 0.392. The van der Waals surface area contributed by atoms with Gasteiger partial charge in [-0.15, -0.1) is 11.3 Å². The van der Waals surface area contributed by atoms with Crippen LogP contribution in [0.1, 0.15) is 11.1 Å². The summed E-state index contributed by atoms with van der Waals surface area (Å²) in [5, 5.41) is -0.220. The Balaban J connectivity index is 2.36. The first-order valence-corrected chi connectivity index (χ1v) is 7.07. The number of thiophene rings is 1. The maximum atomic E-state index is 12.9. The molecule has 0 bridgehead atoms. The van der Waals surface area contributed by atoms with E-state index in [9.17, 15) is 26.3 Å². The summed E-state index contributed by atoms with van der Waals surface area (Å²) < 4.78 is 77.8. The third kappa shape index (κ3) is 2.52. The molecule has 22 heavy (non-hydrogen) atoms. The average Bonchev–Trinajstić information content (AvgIpc) is 2.71. The summed E-state index contributed by atoms with van der Waals surface area (Å²) in [6, 6.07) is 4.96. The van der Waals surface area contributed by atoms with E-state index in [2.05, 4.69) is 0 Å². The second-order valence-corrected chi connectivity index (χ2v) is 6.13. The van der Waals surface area contributed by atoms with Gasteiger partial charge in [0.2, 0.25) is 0 Å². The van der Waals surface area contributed by atoms with E-state index in [-0.39, 0.29) is 10.8 Å². The number of hydrogen-bond donors (Lipinski definition) is 0. The van der Waals surface area contributed by atoms with Gasteiger partial charge in [-0.25, -0.2) is 0 Å². The van der Waals surface area contributed by atoms with Crippen LogP contribution in [0.15, 0.2) is 30.3 Å². The normalized spacial score (nSPS) is 13.2. The first kappa shape index (κ1) is 15.4. The molecule has 0 saturated carbocycles. The number of benzene rings is 2. The van der Waals surface area contributed by atoms with E-state index >= 15 is 0 Å². The maximum Gasteiger partial charge on any atom is 0.417 e. The molecular weight excluding hydrogens is 350 g/mol. The largest absolute Gasteiger partial charge is 0.417 e. The van der Waals surface area contributed by atoms with Crippen molar-refractivity contribution in [2.45, 2.75) is 12.4 Å². The highest BCUT2D eigenvalue weighted by Gasteiger charge is 2.34. The Morgan fingerprint density at radius 3 is 2.00 bits per heavy atom. The zero-order chi connectivity index (χ0) is 16.3. The van der Waals surface area contributed by atoms with Crippen LogP contribution in [-0.4, -0.2) is 0 Å². The van der Waals surface area contributed by atoms with Crippen LogP contribution in [0.2, 0.25) is 5.02 Å². The Hall–Kier alpha value is -1.47. The summed E-state index contributed by atoms with van der Waals surface area (Å²) in [5.41, 5.74) is -1.96. The lowest BCUT2D eigenvalue weighted by molar-refractivity contribution is -0.138. The van der Waals surface area contributed by atoms with Crippen LogP contribution in [0, 0.1) is 0 Å². The highest BCUT2D eigenvalue weighted by molar-refractivity contribution is 7.25. The fraction of sp³-hybridized carbons (Fsp3) is 0.143. The van der Waals surface area contributed by atoms with Crippen molar-refractivity contribution in [1.82, 2.24) is 0 Å². The summed E-state index contributed by atoms with van der Waals surface area (Å²) in [6.45, 7) is 0. The number of fused-ring (bicyclic) bond motifs is 3. The van der Waals surface area contributed by atoms with Crippen LogP contribution < -0.4 is 0 Å². The highest BCUT2D eigenvalue weighted by atomic mass is 35.5. The van der Waals surface area contributed by atoms with Crippen LogP contribution in [0.25, 0.3) is 20.2 Å². The van der Waals surface area contributed by atoms with E-state index in [1.807, 2.05) is 0 Å². The predicted molar refractivity (Wildman–Crippen MR) is 74.3 cm³/mol. The molecule has 0 aliphatic heterocycles. The van der Waals surface area contributed by atoms with Crippen molar-refractivity contribution >= 4 is 43.1 Å². The SMILES string of the molecule is FC(F)(F)c1ccc2sc3cc(Cl)c(C(F)(F)F)cc3c2c1. The van der Waals surface area contributed by atoms with Gasteiger partial charge in [-0.1, -0.05) is 11.6 Å². The minimum Gasteiger partial charge on any atom is -0.166 e. The predicted octanol–water partition coefficient (Wildman–Crippen LogP) is 6.75. The number of hydrogen-bond acceptors (Lipinski definition) is 1. The molecule has 3 aromatic rings. The van der Waals surface area contributed by atoms with Gasteiger partial charge in [-0.05, 0) is 30.3 Å². The van der Waals surface area contributed by atoms with E-state index in [1.54, 1.807) is 0 Å². The zero-order valence-electron chi connectivity index (χ0n) is 10.4. The van der Waals surface area contributed by atoms with Crippen molar-refractivity contribution in [1.29, 1.82) is 0 Å². The fourth-order valence-corrected chi connectivity index (χ4v) is 3.63. The molecule has 0 aliphatic carbocycles. The van der Waals surface area contributed by atoms with Gasteiger partial charge in [-0.2, -0.15) is 26.3 Å². The van der Waals surface area contributed by atoms with Gasteiger partial charge < -0.3 is 0 Å². The van der Waals surface area contributed by atoms with Crippen molar-refractivity contribution in [2.75, 3.05) is 0 Å². The maximum absolute atomic E-state index is 12.9. The Labute approximate surface area is 128 Å². The van der Waals surface area contributed by atoms with Crippen LogP contribution in [-0.2, 0) is 12.4 Å². The first-order valence-electron chi connectivity index (χ1n) is 5.87. The van der Waals surface area contributed by atoms with Crippen molar-refractivity contribution in [3.63, 3.8) is 0 Å². The summed E-state index contributed by atoms with van der Waals surface area (Å²) in [5.74, 6) is 0. The van der Waals surface area contributed by atoms with E-state index < -0.39 is 28.5 Å². The van der Waals surface area contributed by atoms with Gasteiger partial charge in [0.1, 0.15) is 0 Å². The third-order valence-electron chi connectivity index (χ3n) is 3.19. The molecule has 0 N–H and O–H groups in total. The minimum absolute atomic E-state index is 0.114. The zero-order valence-corrected chi connectivity index (χ0v) is 12.0. The van der Waals surface area contributed by atoms with E-state index in [0.717, 1.165) is 35.6 Å². The van der Waals surface area contributed by atoms with Crippen molar-refractivity contribution in [3.05, 3.63) is 46.5 Å². The van der Waals surface area contributed by atoms with Crippen molar-refractivity contribution in [2.24, 2.45) is 0 Å². The smallest absolute Gasteiger partial charge is 0.166 e. The average molecular weight is 355 g/mol. The lowest BCUT2D eigenvalue weighted by Gasteiger charge is -2.09. The molecule has 0 radical (unpaired) electrons. The molecule has 2 aromatic carbocycles. The highest BCUT2D eigenvalue weighted by Crippen LogP contribution is 2.43. The van der Waals surface area contributed by atoms with Crippen LogP contribution in [0.4, 0.5) is 26.3 Å². The lowest BCUT2D eigenvalue weighted by Crippen LogP contribution is -2.05. The molecule has 0 saturated heterocycles. The second-order valence-electron chi connectivity index (χ2n) is 4.64. The molecule has 0 aliphatic rings. The Kier molecular flexibility index (Phi) is 3.34. The summed E-state index contributed by atoms with van der Waals surface area (Å²) in [6.07, 6.45) is -9.22. The molecule has 0 atom stereocenters. The van der Waals surface area contributed by atoms with E-state index in [4.69, 9.17) is 11.6 Å². The van der Waals surface area contributed by atoms with Crippen molar-refractivity contribution in [3.8, 4) is 0 Å². The topological polar surface area (TPSA) is 0 Å². The summed E-state index contributed by atoms with van der Waals surface area (Å²) in [4.78, 5) is 0. The van der Waals surface area contributed by atoms with Crippen LogP contribution in [0.5, 0.6) is 0 Å². The van der Waals surface area contributed by atoms with Crippen LogP contribution in [0.3, 0.4) is 0 Å². The van der Waals surface area contributed by atoms with Gasteiger partial charge in [0.15, 0.2) is 0 Å². The monoisotopic (exact) mass is 354 g/mol. The first-order chi connectivity index (χ1) is 10.1.